The zero-order chi connectivity index (χ0) is 30.8. The highest BCUT2D eigenvalue weighted by molar-refractivity contribution is 8.14. The topological polar surface area (TPSA) is 120 Å². The van der Waals surface area contributed by atoms with Gasteiger partial charge >= 0.3 is 14.4 Å². The Morgan fingerprint density at radius 2 is 0.738 bits per heavy atom. The predicted octanol–water partition coefficient (Wildman–Crippen LogP) is 9.10. The first-order valence-electron chi connectivity index (χ1n) is 14.7. The van der Waals surface area contributed by atoms with Crippen LogP contribution in [0.15, 0.2) is 13.5 Å². The summed E-state index contributed by atoms with van der Waals surface area (Å²) in [5.41, 5.74) is 0. The molecular weight excluding hydrogens is 674 g/mol. The first kappa shape index (κ1) is 41.2. The Morgan fingerprint density at radius 3 is 1.12 bits per heavy atom. The van der Waals surface area contributed by atoms with E-state index in [4.69, 9.17) is 75.7 Å². The number of nitrogens with zero attached hydrogens (tertiary/aromatic N) is 3. The molecule has 18 heteroatoms. The molecule has 12 nitrogen and oxygen atoms in total. The highest BCUT2D eigenvalue weighted by Gasteiger charge is 2.37. The van der Waals surface area contributed by atoms with Crippen LogP contribution in [-0.2, 0) is 42.0 Å². The minimum Gasteiger partial charge on any atom is -0.379 e. The summed E-state index contributed by atoms with van der Waals surface area (Å²) in [6.45, 7) is 9.06. The van der Waals surface area contributed by atoms with Crippen LogP contribution < -0.4 is 0 Å². The zero-order valence-corrected chi connectivity index (χ0v) is 30.3. The lowest BCUT2D eigenvalue weighted by Crippen LogP contribution is -2.12. The smallest absolute Gasteiger partial charge is 0.346 e. The lowest BCUT2D eigenvalue weighted by atomic mass is 10.4. The molecule has 0 saturated heterocycles. The van der Waals surface area contributed by atoms with Gasteiger partial charge < -0.3 is 42.0 Å². The summed E-state index contributed by atoms with van der Waals surface area (Å²) in [4.78, 5) is 0. The first-order valence-corrected chi connectivity index (χ1v) is 22.3. The quantitative estimate of drug-likeness (QED) is 0.0528. The molecular formula is C24H51Cl3N3O9P3. The molecule has 252 valence electrons. The van der Waals surface area contributed by atoms with E-state index in [1.54, 1.807) is 0 Å². The van der Waals surface area contributed by atoms with Gasteiger partial charge in [-0.3, -0.25) is 0 Å². The Bertz CT molecular complexity index is 816. The lowest BCUT2D eigenvalue weighted by molar-refractivity contribution is 0.0283. The van der Waals surface area contributed by atoms with E-state index in [2.05, 4.69) is 34.3 Å². The van der Waals surface area contributed by atoms with Crippen LogP contribution in [0.5, 0.6) is 0 Å². The van der Waals surface area contributed by atoms with E-state index in [0.717, 1.165) is 38.5 Å². The molecule has 1 atom stereocenters. The van der Waals surface area contributed by atoms with Gasteiger partial charge in [0, 0.05) is 19.8 Å². The third kappa shape index (κ3) is 21.9. The second kappa shape index (κ2) is 26.3. The molecule has 0 fully saturated rings. The summed E-state index contributed by atoms with van der Waals surface area (Å²) in [5.74, 6) is -3.30. The van der Waals surface area contributed by atoms with E-state index >= 15 is 0 Å². The van der Waals surface area contributed by atoms with Gasteiger partial charge in [-0.2, -0.15) is 13.5 Å². The van der Waals surface area contributed by atoms with Gasteiger partial charge in [-0.15, -0.1) is 0 Å². The Hall–Kier alpha value is 1.20. The number of ether oxygens (including phenoxy) is 6. The van der Waals surface area contributed by atoms with Crippen molar-refractivity contribution in [1.82, 2.24) is 0 Å². The summed E-state index contributed by atoms with van der Waals surface area (Å²) < 4.78 is 64.4. The Kier molecular flexibility index (Phi) is 25.8. The molecule has 0 spiro atoms. The van der Waals surface area contributed by atoms with Crippen LogP contribution in [0.3, 0.4) is 0 Å². The van der Waals surface area contributed by atoms with Crippen molar-refractivity contribution in [2.24, 2.45) is 13.5 Å². The molecule has 0 aliphatic carbocycles. The standard InChI is InChI=1S/C24H51Cl3N3O9P3/c1-4-7-10-31-13-16-34-19-22-37-41(27)28-40(25,26)29-42(30-41,38-23-20-35-17-14-32-11-8-5-2)39-24-21-36-18-15-33-12-9-6-3/h4-24H2,1-3H3. The number of halogens is 3. The van der Waals surface area contributed by atoms with Crippen LogP contribution in [-0.4, -0.2) is 99.1 Å². The molecule has 0 aromatic heterocycles. The molecule has 0 bridgehead atoms. The van der Waals surface area contributed by atoms with Gasteiger partial charge in [-0.25, -0.2) is 0 Å². The molecule has 1 aliphatic heterocycles. The zero-order valence-electron chi connectivity index (χ0n) is 25.3. The maximum atomic E-state index is 6.73. The molecule has 0 aromatic rings. The van der Waals surface area contributed by atoms with Crippen molar-refractivity contribution >= 4 is 54.1 Å². The molecule has 0 amide bonds. The van der Waals surface area contributed by atoms with Gasteiger partial charge in [0.15, 0.2) is 0 Å². The van der Waals surface area contributed by atoms with E-state index in [0.29, 0.717) is 59.5 Å². The largest absolute Gasteiger partial charge is 0.379 e. The van der Waals surface area contributed by atoms with E-state index in [1.807, 2.05) is 0 Å². The van der Waals surface area contributed by atoms with Gasteiger partial charge in [0.2, 0.25) is 0 Å². The molecule has 42 heavy (non-hydrogen) atoms. The summed E-state index contributed by atoms with van der Waals surface area (Å²) in [6.07, 6.45) is 6.30. The predicted molar refractivity (Wildman–Crippen MR) is 173 cm³/mol. The number of hydrogen-bond acceptors (Lipinski definition) is 12. The molecule has 1 rings (SSSR count). The summed E-state index contributed by atoms with van der Waals surface area (Å²) in [7, 11) is -3.40. The second-order valence-electron chi connectivity index (χ2n) is 8.92. The number of hydrogen-bond donors (Lipinski definition) is 0. The Morgan fingerprint density at radius 1 is 0.405 bits per heavy atom. The molecule has 0 radical (unpaired) electrons. The maximum Gasteiger partial charge on any atom is 0.346 e. The van der Waals surface area contributed by atoms with Crippen molar-refractivity contribution in [1.29, 1.82) is 0 Å². The Balaban J connectivity index is 2.70. The van der Waals surface area contributed by atoms with Crippen LogP contribution in [0, 0.1) is 0 Å². The average Bonchev–Trinajstić information content (AvgIpc) is 2.93. The van der Waals surface area contributed by atoms with Crippen molar-refractivity contribution < 1.29 is 42.0 Å². The molecule has 1 unspecified atom stereocenters. The third-order valence-corrected chi connectivity index (χ3v) is 16.0. The summed E-state index contributed by atoms with van der Waals surface area (Å²) in [5, 5.41) is 0. The highest BCUT2D eigenvalue weighted by Crippen LogP contribution is 2.84. The van der Waals surface area contributed by atoms with Gasteiger partial charge in [0.25, 0.3) is 5.91 Å². The molecule has 0 saturated carbocycles. The lowest BCUT2D eigenvalue weighted by Gasteiger charge is -2.27. The van der Waals surface area contributed by atoms with Gasteiger partial charge in [-0.1, -0.05) is 40.0 Å². The molecule has 1 heterocycles. The second-order valence-corrected chi connectivity index (χ2v) is 19.4. The van der Waals surface area contributed by atoms with E-state index in [-0.39, 0.29) is 39.6 Å². The SMILES string of the molecule is CCCCOCCOCCOP1(Cl)=NP(OCCOCCOCCCC)(OCCOCCOCCCC)=NP(Cl)(Cl)=N1. The fourth-order valence-corrected chi connectivity index (χ4v) is 15.6. The summed E-state index contributed by atoms with van der Waals surface area (Å²) >= 11 is 19.7. The van der Waals surface area contributed by atoms with Crippen molar-refractivity contribution in [3.8, 4) is 0 Å². The number of unbranched alkanes of at least 4 members (excludes halogenated alkanes) is 3. The summed E-state index contributed by atoms with van der Waals surface area (Å²) in [6, 6.07) is 0. The van der Waals surface area contributed by atoms with Crippen LogP contribution in [0.25, 0.3) is 0 Å². The third-order valence-electron chi connectivity index (χ3n) is 5.16. The monoisotopic (exact) mass is 723 g/mol. The van der Waals surface area contributed by atoms with Crippen molar-refractivity contribution in [2.75, 3.05) is 99.1 Å². The van der Waals surface area contributed by atoms with Crippen LogP contribution in [0.4, 0.5) is 0 Å². The van der Waals surface area contributed by atoms with Crippen molar-refractivity contribution in [2.45, 2.75) is 59.3 Å². The highest BCUT2D eigenvalue weighted by atomic mass is 35.9. The molecule has 1 aliphatic rings. The van der Waals surface area contributed by atoms with E-state index in [9.17, 15) is 0 Å². The fourth-order valence-electron chi connectivity index (χ4n) is 3.00. The molecule has 0 aromatic carbocycles. The minimum atomic E-state index is -3.40. The van der Waals surface area contributed by atoms with Crippen LogP contribution in [0.1, 0.15) is 59.3 Å². The fraction of sp³-hybridized carbons (Fsp3) is 1.00. The van der Waals surface area contributed by atoms with Crippen LogP contribution >= 0.6 is 54.1 Å². The number of rotatable bonds is 30. The molecule has 0 N–H and O–H groups in total. The Labute approximate surface area is 267 Å². The first-order chi connectivity index (χ1) is 20.3. The van der Waals surface area contributed by atoms with Crippen molar-refractivity contribution in [3.05, 3.63) is 0 Å². The van der Waals surface area contributed by atoms with Crippen LogP contribution in [0.2, 0.25) is 0 Å². The van der Waals surface area contributed by atoms with E-state index in [1.165, 1.54) is 0 Å². The van der Waals surface area contributed by atoms with Gasteiger partial charge in [0.1, 0.15) is 0 Å². The van der Waals surface area contributed by atoms with Gasteiger partial charge in [0.05, 0.1) is 79.3 Å². The van der Waals surface area contributed by atoms with Gasteiger partial charge in [-0.05, 0) is 53.0 Å². The normalized spacial score (nSPS) is 19.3. The van der Waals surface area contributed by atoms with Crippen molar-refractivity contribution in [3.63, 3.8) is 0 Å². The van der Waals surface area contributed by atoms with E-state index < -0.39 is 20.4 Å². The maximum absolute atomic E-state index is 6.73. The minimum absolute atomic E-state index is 0.119. The average molecular weight is 725 g/mol.